The van der Waals surface area contributed by atoms with E-state index in [2.05, 4.69) is 13.8 Å². The van der Waals surface area contributed by atoms with Crippen LogP contribution in [-0.4, -0.2) is 23.7 Å². The molecule has 0 aliphatic heterocycles. The van der Waals surface area contributed by atoms with E-state index in [9.17, 15) is 9.59 Å². The van der Waals surface area contributed by atoms with Crippen molar-refractivity contribution in [1.82, 2.24) is 0 Å². The molecule has 0 bridgehead atoms. The SMILES string of the molecule is Cc1ccc(C(C)C)c(OCC(=O)Oc2ccc(C(=O)O)cc2)c1. The van der Waals surface area contributed by atoms with Gasteiger partial charge in [0.2, 0.25) is 0 Å². The average Bonchev–Trinajstić information content (AvgIpc) is 2.53. The third-order valence-electron chi connectivity index (χ3n) is 3.47. The van der Waals surface area contributed by atoms with Gasteiger partial charge in [-0.1, -0.05) is 26.0 Å². The molecule has 2 aromatic rings. The van der Waals surface area contributed by atoms with E-state index < -0.39 is 11.9 Å². The summed E-state index contributed by atoms with van der Waals surface area (Å²) in [6.07, 6.45) is 0. The maximum absolute atomic E-state index is 11.9. The van der Waals surface area contributed by atoms with Crippen molar-refractivity contribution in [2.75, 3.05) is 6.61 Å². The van der Waals surface area contributed by atoms with E-state index in [-0.39, 0.29) is 23.8 Å². The Morgan fingerprint density at radius 2 is 1.75 bits per heavy atom. The molecule has 5 nitrogen and oxygen atoms in total. The number of carbonyl (C=O) groups excluding carboxylic acids is 1. The Hall–Kier alpha value is -2.82. The number of carboxylic acids is 1. The van der Waals surface area contributed by atoms with Crippen LogP contribution in [0.15, 0.2) is 42.5 Å². The van der Waals surface area contributed by atoms with Crippen molar-refractivity contribution in [3.63, 3.8) is 0 Å². The molecule has 0 saturated heterocycles. The number of esters is 1. The van der Waals surface area contributed by atoms with Crippen molar-refractivity contribution in [3.05, 3.63) is 59.2 Å². The third kappa shape index (κ3) is 4.59. The number of hydrogen-bond donors (Lipinski definition) is 1. The first-order chi connectivity index (χ1) is 11.4. The molecule has 126 valence electrons. The van der Waals surface area contributed by atoms with Gasteiger partial charge < -0.3 is 14.6 Å². The molecule has 0 amide bonds. The molecule has 24 heavy (non-hydrogen) atoms. The molecule has 0 radical (unpaired) electrons. The first-order valence-electron chi connectivity index (χ1n) is 7.64. The van der Waals surface area contributed by atoms with Crippen LogP contribution in [0.5, 0.6) is 11.5 Å². The van der Waals surface area contributed by atoms with Crippen molar-refractivity contribution < 1.29 is 24.2 Å². The molecule has 0 atom stereocenters. The summed E-state index contributed by atoms with van der Waals surface area (Å²) >= 11 is 0. The molecular weight excluding hydrogens is 308 g/mol. The Labute approximate surface area is 140 Å². The molecule has 1 N–H and O–H groups in total. The van der Waals surface area contributed by atoms with E-state index in [1.54, 1.807) is 0 Å². The molecule has 0 fully saturated rings. The molecule has 0 heterocycles. The molecule has 0 unspecified atom stereocenters. The standard InChI is InChI=1S/C19H20O5/c1-12(2)16-9-4-13(3)10-17(16)23-11-18(20)24-15-7-5-14(6-8-15)19(21)22/h4-10,12H,11H2,1-3H3,(H,21,22). The second kappa shape index (κ2) is 7.64. The summed E-state index contributed by atoms with van der Waals surface area (Å²) in [5.74, 6) is -0.351. The van der Waals surface area contributed by atoms with Crippen LogP contribution in [0.25, 0.3) is 0 Å². The van der Waals surface area contributed by atoms with Crippen LogP contribution >= 0.6 is 0 Å². The second-order valence-corrected chi connectivity index (χ2v) is 5.79. The minimum absolute atomic E-state index is 0.132. The van der Waals surface area contributed by atoms with Crippen molar-refractivity contribution >= 4 is 11.9 Å². The summed E-state index contributed by atoms with van der Waals surface area (Å²) in [5, 5.41) is 8.83. The average molecular weight is 328 g/mol. The van der Waals surface area contributed by atoms with Gasteiger partial charge in [-0.25, -0.2) is 9.59 Å². The van der Waals surface area contributed by atoms with Crippen LogP contribution in [0.1, 0.15) is 41.3 Å². The number of hydrogen-bond acceptors (Lipinski definition) is 4. The number of aromatic carboxylic acids is 1. The van der Waals surface area contributed by atoms with Crippen LogP contribution in [0.2, 0.25) is 0 Å². The number of aryl methyl sites for hydroxylation is 1. The van der Waals surface area contributed by atoms with Crippen LogP contribution in [-0.2, 0) is 4.79 Å². The smallest absolute Gasteiger partial charge is 0.349 e. The number of ether oxygens (including phenoxy) is 2. The van der Waals surface area contributed by atoms with Crippen molar-refractivity contribution in [2.45, 2.75) is 26.7 Å². The molecule has 0 aromatic heterocycles. The van der Waals surface area contributed by atoms with E-state index >= 15 is 0 Å². The molecule has 0 aliphatic rings. The van der Waals surface area contributed by atoms with Crippen molar-refractivity contribution in [2.24, 2.45) is 0 Å². The maximum Gasteiger partial charge on any atom is 0.349 e. The highest BCUT2D eigenvalue weighted by Gasteiger charge is 2.12. The van der Waals surface area contributed by atoms with Gasteiger partial charge in [0.05, 0.1) is 5.56 Å². The molecule has 0 aliphatic carbocycles. The summed E-state index contributed by atoms with van der Waals surface area (Å²) in [7, 11) is 0. The zero-order valence-corrected chi connectivity index (χ0v) is 13.9. The number of rotatable bonds is 6. The van der Waals surface area contributed by atoms with E-state index in [1.165, 1.54) is 24.3 Å². The van der Waals surface area contributed by atoms with Gasteiger partial charge in [-0.3, -0.25) is 0 Å². The number of carbonyl (C=O) groups is 2. The summed E-state index contributed by atoms with van der Waals surface area (Å²) < 4.78 is 10.8. The van der Waals surface area contributed by atoms with Gasteiger partial charge in [-0.05, 0) is 54.3 Å². The number of benzene rings is 2. The number of carboxylic acid groups (broad SMARTS) is 1. The highest BCUT2D eigenvalue weighted by molar-refractivity contribution is 5.87. The molecule has 2 aromatic carbocycles. The molecular formula is C19H20O5. The van der Waals surface area contributed by atoms with Gasteiger partial charge in [-0.15, -0.1) is 0 Å². The van der Waals surface area contributed by atoms with Gasteiger partial charge in [0, 0.05) is 0 Å². The Morgan fingerprint density at radius 3 is 2.33 bits per heavy atom. The van der Waals surface area contributed by atoms with Crippen LogP contribution in [0.3, 0.4) is 0 Å². The summed E-state index contributed by atoms with van der Waals surface area (Å²) in [6, 6.07) is 11.5. The van der Waals surface area contributed by atoms with Crippen LogP contribution in [0.4, 0.5) is 0 Å². The maximum atomic E-state index is 11.9. The quantitative estimate of drug-likeness (QED) is 0.645. The Balaban J connectivity index is 1.98. The lowest BCUT2D eigenvalue weighted by Gasteiger charge is -2.14. The van der Waals surface area contributed by atoms with Gasteiger partial charge in [-0.2, -0.15) is 0 Å². The lowest BCUT2D eigenvalue weighted by Crippen LogP contribution is -2.18. The summed E-state index contributed by atoms with van der Waals surface area (Å²) in [4.78, 5) is 22.7. The van der Waals surface area contributed by atoms with E-state index in [0.717, 1.165) is 11.1 Å². The second-order valence-electron chi connectivity index (χ2n) is 5.79. The fourth-order valence-electron chi connectivity index (χ4n) is 2.21. The van der Waals surface area contributed by atoms with E-state index in [4.69, 9.17) is 14.6 Å². The zero-order chi connectivity index (χ0) is 17.7. The largest absolute Gasteiger partial charge is 0.482 e. The van der Waals surface area contributed by atoms with Gasteiger partial charge in [0.15, 0.2) is 6.61 Å². The minimum atomic E-state index is -1.03. The third-order valence-corrected chi connectivity index (χ3v) is 3.47. The Kier molecular flexibility index (Phi) is 5.58. The monoisotopic (exact) mass is 328 g/mol. The highest BCUT2D eigenvalue weighted by Crippen LogP contribution is 2.27. The fraction of sp³-hybridized carbons (Fsp3) is 0.263. The summed E-state index contributed by atoms with van der Waals surface area (Å²) in [6.45, 7) is 5.85. The molecule has 0 spiro atoms. The first kappa shape index (κ1) is 17.5. The lowest BCUT2D eigenvalue weighted by atomic mass is 10.0. The molecule has 0 saturated carbocycles. The van der Waals surface area contributed by atoms with Gasteiger partial charge >= 0.3 is 11.9 Å². The topological polar surface area (TPSA) is 72.8 Å². The van der Waals surface area contributed by atoms with E-state index in [1.807, 2.05) is 25.1 Å². The normalized spacial score (nSPS) is 10.5. The van der Waals surface area contributed by atoms with E-state index in [0.29, 0.717) is 5.75 Å². The van der Waals surface area contributed by atoms with Gasteiger partial charge in [0.1, 0.15) is 11.5 Å². The summed E-state index contributed by atoms with van der Waals surface area (Å²) in [5.41, 5.74) is 2.21. The first-order valence-corrected chi connectivity index (χ1v) is 7.64. The molecule has 5 heteroatoms. The Bertz CT molecular complexity index is 732. The van der Waals surface area contributed by atoms with Crippen molar-refractivity contribution in [1.29, 1.82) is 0 Å². The minimum Gasteiger partial charge on any atom is -0.482 e. The van der Waals surface area contributed by atoms with Crippen molar-refractivity contribution in [3.8, 4) is 11.5 Å². The highest BCUT2D eigenvalue weighted by atomic mass is 16.6. The molecule has 2 rings (SSSR count). The van der Waals surface area contributed by atoms with Crippen LogP contribution < -0.4 is 9.47 Å². The Morgan fingerprint density at radius 1 is 1.08 bits per heavy atom. The fourth-order valence-corrected chi connectivity index (χ4v) is 2.21. The predicted octanol–water partition coefficient (Wildman–Crippen LogP) is 3.80. The predicted molar refractivity (Wildman–Crippen MR) is 89.8 cm³/mol. The van der Waals surface area contributed by atoms with Crippen LogP contribution in [0, 0.1) is 6.92 Å². The zero-order valence-electron chi connectivity index (χ0n) is 13.9. The van der Waals surface area contributed by atoms with Gasteiger partial charge in [0.25, 0.3) is 0 Å². The lowest BCUT2D eigenvalue weighted by molar-refractivity contribution is -0.136.